The quantitative estimate of drug-likeness (QED) is 0.350. The zero-order valence-electron chi connectivity index (χ0n) is 16.2. The number of hydrogen-bond acceptors (Lipinski definition) is 4. The summed E-state index contributed by atoms with van der Waals surface area (Å²) in [5.41, 5.74) is 24.8. The monoisotopic (exact) mass is 382 g/mol. The summed E-state index contributed by atoms with van der Waals surface area (Å²) in [6.45, 7) is 0. The van der Waals surface area contributed by atoms with E-state index >= 15 is 0 Å². The summed E-state index contributed by atoms with van der Waals surface area (Å²) in [6.07, 6.45) is 5.49. The normalized spacial score (nSPS) is 11.3. The smallest absolute Gasteiger partial charge is 0.232 e. The molecule has 0 aromatic heterocycles. The van der Waals surface area contributed by atoms with E-state index in [0.717, 1.165) is 43.2 Å². The number of amides is 2. The summed E-state index contributed by atoms with van der Waals surface area (Å²) in [5, 5.41) is 0. The number of unbranched alkanes of at least 4 members (excludes halogenated alkanes) is 4. The van der Waals surface area contributed by atoms with Crippen molar-refractivity contribution in [2.45, 2.75) is 50.4 Å². The molecule has 6 nitrogen and oxygen atoms in total. The Kier molecular flexibility index (Phi) is 7.44. The van der Waals surface area contributed by atoms with E-state index in [1.54, 1.807) is 24.3 Å². The fraction of sp³-hybridized carbons (Fsp3) is 0.364. The molecule has 0 unspecified atom stereocenters. The molecule has 0 heterocycles. The molecule has 0 aliphatic rings. The van der Waals surface area contributed by atoms with E-state index in [1.807, 2.05) is 24.3 Å². The Labute approximate surface area is 166 Å². The number of benzene rings is 2. The molecular formula is C22H30N4O2. The van der Waals surface area contributed by atoms with Gasteiger partial charge in [0.05, 0.1) is 5.41 Å². The number of anilines is 2. The Balaban J connectivity index is 2.20. The maximum absolute atomic E-state index is 12.7. The van der Waals surface area contributed by atoms with Crippen LogP contribution in [0.3, 0.4) is 0 Å². The summed E-state index contributed by atoms with van der Waals surface area (Å²) < 4.78 is 0. The molecule has 2 amide bonds. The van der Waals surface area contributed by atoms with Crippen LogP contribution in [0.25, 0.3) is 0 Å². The highest BCUT2D eigenvalue weighted by Crippen LogP contribution is 2.38. The Morgan fingerprint density at radius 2 is 1.11 bits per heavy atom. The number of nitrogen functional groups attached to an aromatic ring is 2. The first kappa shape index (κ1) is 21.3. The number of rotatable bonds is 11. The lowest BCUT2D eigenvalue weighted by Crippen LogP contribution is -2.42. The van der Waals surface area contributed by atoms with Crippen molar-refractivity contribution in [2.75, 3.05) is 11.5 Å². The first-order chi connectivity index (χ1) is 13.4. The third-order valence-electron chi connectivity index (χ3n) is 5.20. The maximum atomic E-state index is 12.7. The molecule has 0 atom stereocenters. The highest BCUT2D eigenvalue weighted by molar-refractivity contribution is 5.91. The van der Waals surface area contributed by atoms with Crippen molar-refractivity contribution in [3.8, 4) is 0 Å². The van der Waals surface area contributed by atoms with Gasteiger partial charge >= 0.3 is 0 Å². The van der Waals surface area contributed by atoms with Gasteiger partial charge in [0, 0.05) is 17.8 Å². The van der Waals surface area contributed by atoms with Crippen molar-refractivity contribution in [3.05, 3.63) is 59.7 Å². The SMILES string of the molecule is NC(=O)CCCCCCCC(C(N)=O)(c1ccc(N)cc1)c1ccc(N)cc1. The van der Waals surface area contributed by atoms with E-state index in [4.69, 9.17) is 22.9 Å². The van der Waals surface area contributed by atoms with Crippen LogP contribution in [-0.4, -0.2) is 11.8 Å². The van der Waals surface area contributed by atoms with Crippen LogP contribution in [0.1, 0.15) is 56.1 Å². The van der Waals surface area contributed by atoms with Crippen LogP contribution < -0.4 is 22.9 Å². The topological polar surface area (TPSA) is 138 Å². The number of hydrogen-bond donors (Lipinski definition) is 4. The standard InChI is InChI=1S/C22H30N4O2/c23-18-11-7-16(8-12-18)22(21(26)28,17-9-13-19(24)14-10-17)15-5-3-1-2-4-6-20(25)27/h7-14H,1-6,15,23-24H2,(H2,25,27)(H2,26,28). The predicted molar refractivity (Wildman–Crippen MR) is 113 cm³/mol. The molecule has 0 bridgehead atoms. The third-order valence-corrected chi connectivity index (χ3v) is 5.20. The van der Waals surface area contributed by atoms with Crippen molar-refractivity contribution in [3.63, 3.8) is 0 Å². The van der Waals surface area contributed by atoms with Gasteiger partial charge in [-0.1, -0.05) is 49.9 Å². The van der Waals surface area contributed by atoms with Gasteiger partial charge in [0.25, 0.3) is 0 Å². The lowest BCUT2D eigenvalue weighted by Gasteiger charge is -2.32. The molecule has 28 heavy (non-hydrogen) atoms. The van der Waals surface area contributed by atoms with Crippen LogP contribution in [0.15, 0.2) is 48.5 Å². The Morgan fingerprint density at radius 3 is 1.54 bits per heavy atom. The molecule has 2 aromatic rings. The zero-order valence-corrected chi connectivity index (χ0v) is 16.2. The largest absolute Gasteiger partial charge is 0.399 e. The van der Waals surface area contributed by atoms with E-state index in [1.165, 1.54) is 0 Å². The molecular weight excluding hydrogens is 352 g/mol. The average molecular weight is 383 g/mol. The van der Waals surface area contributed by atoms with E-state index in [-0.39, 0.29) is 5.91 Å². The fourth-order valence-corrected chi connectivity index (χ4v) is 3.62. The van der Waals surface area contributed by atoms with Gasteiger partial charge < -0.3 is 22.9 Å². The summed E-state index contributed by atoms with van der Waals surface area (Å²) in [6, 6.07) is 14.6. The number of nitrogens with two attached hydrogens (primary N) is 4. The van der Waals surface area contributed by atoms with Crippen molar-refractivity contribution in [1.82, 2.24) is 0 Å². The van der Waals surface area contributed by atoms with Crippen LogP contribution >= 0.6 is 0 Å². The summed E-state index contributed by atoms with van der Waals surface area (Å²) >= 11 is 0. The fourth-order valence-electron chi connectivity index (χ4n) is 3.62. The molecule has 0 aliphatic carbocycles. The van der Waals surface area contributed by atoms with Crippen LogP contribution in [-0.2, 0) is 15.0 Å². The lowest BCUT2D eigenvalue weighted by atomic mass is 9.70. The van der Waals surface area contributed by atoms with Crippen molar-refractivity contribution in [1.29, 1.82) is 0 Å². The zero-order chi connectivity index (χ0) is 20.6. The Hall–Kier alpha value is -3.02. The molecule has 0 saturated heterocycles. The minimum atomic E-state index is -0.936. The second-order valence-electron chi connectivity index (χ2n) is 7.25. The van der Waals surface area contributed by atoms with Gasteiger partial charge in [-0.25, -0.2) is 0 Å². The highest BCUT2D eigenvalue weighted by atomic mass is 16.1. The molecule has 0 aliphatic heterocycles. The van der Waals surface area contributed by atoms with Crippen LogP contribution in [0.2, 0.25) is 0 Å². The second kappa shape index (κ2) is 9.78. The molecule has 2 rings (SSSR count). The number of carbonyl (C=O) groups excluding carboxylic acids is 2. The first-order valence-electron chi connectivity index (χ1n) is 9.66. The summed E-state index contributed by atoms with van der Waals surface area (Å²) in [7, 11) is 0. The molecule has 0 spiro atoms. The maximum Gasteiger partial charge on any atom is 0.232 e. The minimum Gasteiger partial charge on any atom is -0.399 e. The minimum absolute atomic E-state index is 0.264. The Bertz CT molecular complexity index is 740. The lowest BCUT2D eigenvalue weighted by molar-refractivity contribution is -0.122. The van der Waals surface area contributed by atoms with Gasteiger partial charge in [0.1, 0.15) is 0 Å². The van der Waals surface area contributed by atoms with Gasteiger partial charge in [-0.15, -0.1) is 0 Å². The first-order valence-corrected chi connectivity index (χ1v) is 9.66. The summed E-state index contributed by atoms with van der Waals surface area (Å²) in [5.74, 6) is -0.657. The molecule has 6 heteroatoms. The van der Waals surface area contributed by atoms with Gasteiger partial charge in [0.15, 0.2) is 0 Å². The second-order valence-corrected chi connectivity index (χ2v) is 7.25. The third kappa shape index (κ3) is 5.25. The van der Waals surface area contributed by atoms with Gasteiger partial charge in [-0.2, -0.15) is 0 Å². The van der Waals surface area contributed by atoms with E-state index < -0.39 is 11.3 Å². The van der Waals surface area contributed by atoms with Gasteiger partial charge in [-0.3, -0.25) is 9.59 Å². The van der Waals surface area contributed by atoms with Gasteiger partial charge in [0.2, 0.25) is 11.8 Å². The number of primary amides is 2. The highest BCUT2D eigenvalue weighted by Gasteiger charge is 2.39. The van der Waals surface area contributed by atoms with Crippen molar-refractivity contribution in [2.24, 2.45) is 11.5 Å². The molecule has 150 valence electrons. The van der Waals surface area contributed by atoms with Crippen molar-refractivity contribution < 1.29 is 9.59 Å². The predicted octanol–water partition coefficient (Wildman–Crippen LogP) is 2.84. The molecule has 0 saturated carbocycles. The Morgan fingerprint density at radius 1 is 0.679 bits per heavy atom. The molecule has 2 aromatic carbocycles. The van der Waals surface area contributed by atoms with E-state index in [0.29, 0.717) is 24.2 Å². The van der Waals surface area contributed by atoms with Gasteiger partial charge in [-0.05, 0) is 48.2 Å². The van der Waals surface area contributed by atoms with Crippen LogP contribution in [0.4, 0.5) is 11.4 Å². The summed E-state index contributed by atoms with van der Waals surface area (Å²) in [4.78, 5) is 23.6. The van der Waals surface area contributed by atoms with E-state index in [9.17, 15) is 9.59 Å². The van der Waals surface area contributed by atoms with Crippen molar-refractivity contribution >= 4 is 23.2 Å². The van der Waals surface area contributed by atoms with E-state index in [2.05, 4.69) is 0 Å². The molecule has 0 radical (unpaired) electrons. The average Bonchev–Trinajstić information content (AvgIpc) is 2.65. The molecule has 0 fully saturated rings. The van der Waals surface area contributed by atoms with Crippen LogP contribution in [0.5, 0.6) is 0 Å². The van der Waals surface area contributed by atoms with Crippen LogP contribution in [0, 0.1) is 0 Å². The molecule has 8 N–H and O–H groups in total. The number of carbonyl (C=O) groups is 2.